The zero-order chi connectivity index (χ0) is 16.5. The Morgan fingerprint density at radius 2 is 1.91 bits per heavy atom. The lowest BCUT2D eigenvalue weighted by molar-refractivity contribution is -0.117. The normalized spacial score (nSPS) is 11.4. The fourth-order valence-corrected chi connectivity index (χ4v) is 2.18. The second kappa shape index (κ2) is 8.93. The number of esters is 1. The molecule has 0 aliphatic carbocycles. The van der Waals surface area contributed by atoms with E-state index in [1.165, 1.54) is 7.11 Å². The van der Waals surface area contributed by atoms with Crippen molar-refractivity contribution in [1.82, 2.24) is 5.32 Å². The van der Waals surface area contributed by atoms with Gasteiger partial charge in [0.25, 0.3) is 0 Å². The topological polar surface area (TPSA) is 111 Å². The Morgan fingerprint density at radius 1 is 1.27 bits per heavy atom. The summed E-state index contributed by atoms with van der Waals surface area (Å²) in [4.78, 5) is 34.4. The summed E-state index contributed by atoms with van der Waals surface area (Å²) in [6, 6.07) is 4.80. The van der Waals surface area contributed by atoms with Crippen molar-refractivity contribution >= 4 is 35.4 Å². The number of carbonyl (C=O) groups excluding carboxylic acids is 3. The van der Waals surface area contributed by atoms with Gasteiger partial charge < -0.3 is 21.1 Å². The van der Waals surface area contributed by atoms with Gasteiger partial charge in [0.15, 0.2) is 0 Å². The van der Waals surface area contributed by atoms with Gasteiger partial charge >= 0.3 is 12.0 Å². The third kappa shape index (κ3) is 5.65. The van der Waals surface area contributed by atoms with Crippen LogP contribution in [0, 0.1) is 0 Å². The van der Waals surface area contributed by atoms with Crippen LogP contribution in [0.2, 0.25) is 0 Å². The van der Waals surface area contributed by atoms with Gasteiger partial charge in [-0.05, 0) is 42.7 Å². The number of rotatable bonds is 7. The van der Waals surface area contributed by atoms with Gasteiger partial charge in [0.2, 0.25) is 5.91 Å². The Morgan fingerprint density at radius 3 is 2.41 bits per heavy atom. The van der Waals surface area contributed by atoms with Gasteiger partial charge in [-0.1, -0.05) is 0 Å². The molecular formula is C14H19N3O4S. The fourth-order valence-electron chi connectivity index (χ4n) is 1.71. The van der Waals surface area contributed by atoms with E-state index < -0.39 is 18.0 Å². The van der Waals surface area contributed by atoms with Gasteiger partial charge in [0, 0.05) is 5.69 Å². The van der Waals surface area contributed by atoms with E-state index in [1.807, 2.05) is 6.26 Å². The average molecular weight is 325 g/mol. The molecule has 1 rings (SSSR count). The molecule has 0 spiro atoms. The Labute approximate surface area is 133 Å². The van der Waals surface area contributed by atoms with Crippen molar-refractivity contribution in [2.75, 3.05) is 24.4 Å². The first-order chi connectivity index (χ1) is 10.5. The highest BCUT2D eigenvalue weighted by Crippen LogP contribution is 2.12. The average Bonchev–Trinajstić information content (AvgIpc) is 2.50. The number of ether oxygens (including phenoxy) is 1. The molecule has 1 aromatic rings. The van der Waals surface area contributed by atoms with Crippen LogP contribution in [0.15, 0.2) is 24.3 Å². The van der Waals surface area contributed by atoms with E-state index in [9.17, 15) is 14.4 Å². The summed E-state index contributed by atoms with van der Waals surface area (Å²) >= 11 is 1.56. The molecule has 120 valence electrons. The highest BCUT2D eigenvalue weighted by atomic mass is 32.2. The van der Waals surface area contributed by atoms with Crippen molar-refractivity contribution in [3.63, 3.8) is 0 Å². The van der Waals surface area contributed by atoms with Crippen LogP contribution < -0.4 is 16.4 Å². The number of methoxy groups -OCH3 is 1. The molecule has 3 amide bonds. The van der Waals surface area contributed by atoms with E-state index in [0.717, 1.165) is 0 Å². The number of carbonyl (C=O) groups is 3. The lowest BCUT2D eigenvalue weighted by Gasteiger charge is -2.17. The second-order valence-electron chi connectivity index (χ2n) is 4.40. The number of hydrogen-bond donors (Lipinski definition) is 3. The Bertz CT molecular complexity index is 533. The van der Waals surface area contributed by atoms with Gasteiger partial charge in [-0.15, -0.1) is 0 Å². The molecule has 1 atom stereocenters. The molecule has 8 heteroatoms. The van der Waals surface area contributed by atoms with Crippen LogP contribution in [0.25, 0.3) is 0 Å². The van der Waals surface area contributed by atoms with Crippen LogP contribution in [-0.4, -0.2) is 43.1 Å². The maximum absolute atomic E-state index is 12.1. The molecule has 0 saturated heterocycles. The molecule has 0 aliphatic rings. The molecular weight excluding hydrogens is 306 g/mol. The molecule has 0 heterocycles. The largest absolute Gasteiger partial charge is 0.465 e. The quantitative estimate of drug-likeness (QED) is 0.652. The minimum absolute atomic E-state index is 0.362. The number of benzene rings is 1. The van der Waals surface area contributed by atoms with Crippen molar-refractivity contribution in [2.45, 2.75) is 12.5 Å². The third-order valence-electron chi connectivity index (χ3n) is 2.82. The standard InChI is InChI=1S/C14H19N3O4S/c1-21-13(19)9-3-5-10(6-4-9)16-12(18)11(7-8-22-2)17-14(15)20/h3-6,11H,7-8H2,1-2H3,(H,16,18)(H3,15,17,20)/t11-/m0/s1. The van der Waals surface area contributed by atoms with Crippen LogP contribution in [0.3, 0.4) is 0 Å². The van der Waals surface area contributed by atoms with E-state index in [4.69, 9.17) is 5.73 Å². The van der Waals surface area contributed by atoms with Crippen molar-refractivity contribution in [3.05, 3.63) is 29.8 Å². The number of thioether (sulfide) groups is 1. The molecule has 0 fully saturated rings. The predicted molar refractivity (Wildman–Crippen MR) is 85.9 cm³/mol. The summed E-state index contributed by atoms with van der Waals surface area (Å²) in [7, 11) is 1.30. The van der Waals surface area contributed by atoms with Crippen molar-refractivity contribution < 1.29 is 19.1 Å². The first kappa shape index (κ1) is 17.8. The number of nitrogens with two attached hydrogens (primary N) is 1. The zero-order valence-corrected chi connectivity index (χ0v) is 13.2. The zero-order valence-electron chi connectivity index (χ0n) is 12.4. The van der Waals surface area contributed by atoms with E-state index in [2.05, 4.69) is 15.4 Å². The van der Waals surface area contributed by atoms with Crippen molar-refractivity contribution in [2.24, 2.45) is 5.73 Å². The molecule has 0 saturated carbocycles. The van der Waals surface area contributed by atoms with Crippen LogP contribution in [0.1, 0.15) is 16.8 Å². The molecule has 4 N–H and O–H groups in total. The fraction of sp³-hybridized carbons (Fsp3) is 0.357. The molecule has 0 bridgehead atoms. The number of primary amides is 1. The summed E-state index contributed by atoms with van der Waals surface area (Å²) in [5.41, 5.74) is 5.97. The molecule has 1 aromatic carbocycles. The highest BCUT2D eigenvalue weighted by molar-refractivity contribution is 7.98. The monoisotopic (exact) mass is 325 g/mol. The second-order valence-corrected chi connectivity index (χ2v) is 5.39. The van der Waals surface area contributed by atoms with Crippen LogP contribution in [-0.2, 0) is 9.53 Å². The van der Waals surface area contributed by atoms with Gasteiger partial charge in [0.05, 0.1) is 12.7 Å². The van der Waals surface area contributed by atoms with Gasteiger partial charge in [-0.2, -0.15) is 11.8 Å². The van der Waals surface area contributed by atoms with E-state index >= 15 is 0 Å². The summed E-state index contributed by atoms with van der Waals surface area (Å²) in [5, 5.41) is 5.08. The first-order valence-corrected chi connectivity index (χ1v) is 7.91. The summed E-state index contributed by atoms with van der Waals surface area (Å²) in [6.07, 6.45) is 2.38. The van der Waals surface area contributed by atoms with E-state index in [-0.39, 0.29) is 5.91 Å². The lowest BCUT2D eigenvalue weighted by atomic mass is 10.2. The molecule has 0 unspecified atom stereocenters. The lowest BCUT2D eigenvalue weighted by Crippen LogP contribution is -2.46. The van der Waals surface area contributed by atoms with Crippen molar-refractivity contribution in [1.29, 1.82) is 0 Å². The van der Waals surface area contributed by atoms with Crippen LogP contribution >= 0.6 is 11.8 Å². The van der Waals surface area contributed by atoms with Crippen LogP contribution in [0.5, 0.6) is 0 Å². The Balaban J connectivity index is 2.71. The third-order valence-corrected chi connectivity index (χ3v) is 3.46. The van der Waals surface area contributed by atoms with Gasteiger partial charge in [-0.25, -0.2) is 9.59 Å². The highest BCUT2D eigenvalue weighted by Gasteiger charge is 2.19. The molecule has 0 aromatic heterocycles. The van der Waals surface area contributed by atoms with Gasteiger partial charge in [0.1, 0.15) is 6.04 Å². The minimum Gasteiger partial charge on any atom is -0.465 e. The molecule has 22 heavy (non-hydrogen) atoms. The molecule has 0 aliphatic heterocycles. The number of urea groups is 1. The number of amides is 3. The summed E-state index contributed by atoms with van der Waals surface area (Å²) in [6.45, 7) is 0. The number of nitrogens with one attached hydrogen (secondary N) is 2. The summed E-state index contributed by atoms with van der Waals surface area (Å²) in [5.74, 6) is -0.107. The van der Waals surface area contributed by atoms with Gasteiger partial charge in [-0.3, -0.25) is 4.79 Å². The molecule has 7 nitrogen and oxygen atoms in total. The Kier molecular flexibility index (Phi) is 7.24. The number of hydrogen-bond acceptors (Lipinski definition) is 5. The maximum atomic E-state index is 12.1. The van der Waals surface area contributed by atoms with Crippen LogP contribution in [0.4, 0.5) is 10.5 Å². The molecule has 0 radical (unpaired) electrons. The van der Waals surface area contributed by atoms with E-state index in [0.29, 0.717) is 23.4 Å². The first-order valence-electron chi connectivity index (χ1n) is 6.52. The SMILES string of the molecule is COC(=O)c1ccc(NC(=O)[C@H](CCSC)NC(N)=O)cc1. The van der Waals surface area contributed by atoms with Crippen molar-refractivity contribution in [3.8, 4) is 0 Å². The Hall–Kier alpha value is -2.22. The predicted octanol–water partition coefficient (Wildman–Crippen LogP) is 1.20. The smallest absolute Gasteiger partial charge is 0.337 e. The maximum Gasteiger partial charge on any atom is 0.337 e. The summed E-state index contributed by atoms with van der Waals surface area (Å²) < 4.78 is 4.59. The number of anilines is 1. The van der Waals surface area contributed by atoms with E-state index in [1.54, 1.807) is 36.0 Å². The minimum atomic E-state index is -0.748.